The summed E-state index contributed by atoms with van der Waals surface area (Å²) in [6.45, 7) is 1.79. The number of carbonyl (C=O) groups is 1. The lowest BCUT2D eigenvalue weighted by atomic mass is 9.98. The molecule has 0 atom stereocenters. The monoisotopic (exact) mass is 428 g/mol. The van der Waals surface area contributed by atoms with E-state index in [1.807, 2.05) is 0 Å². The van der Waals surface area contributed by atoms with E-state index in [-0.39, 0.29) is 11.6 Å². The number of aliphatic carboxylic acids is 1. The van der Waals surface area contributed by atoms with Crippen LogP contribution >= 0.6 is 11.6 Å². The molecule has 3 aromatic rings. The second kappa shape index (κ2) is 7.84. The molecule has 0 saturated heterocycles. The summed E-state index contributed by atoms with van der Waals surface area (Å²) in [5.74, 6) is -0.534. The van der Waals surface area contributed by atoms with Gasteiger partial charge < -0.3 is 19.6 Å². The molecule has 0 unspecified atom stereocenters. The van der Waals surface area contributed by atoms with E-state index in [2.05, 4.69) is 9.97 Å². The van der Waals surface area contributed by atoms with Crippen molar-refractivity contribution in [3.63, 3.8) is 0 Å². The van der Waals surface area contributed by atoms with E-state index in [1.54, 1.807) is 31.2 Å². The normalized spacial score (nSPS) is 14.1. The Morgan fingerprint density at radius 3 is 2.73 bits per heavy atom. The van der Waals surface area contributed by atoms with Gasteiger partial charge in [-0.1, -0.05) is 17.2 Å². The number of hydrogen-bond donors (Lipinski definition) is 2. The Kier molecular flexibility index (Phi) is 5.22. The second-order valence-corrected chi connectivity index (χ2v) is 7.36. The number of aromatic nitrogens is 2. The number of carboxylic acids is 1. The standard InChI is InChI=1S/C22H18ClFN2O4/c1-11-3-4-13(7-15(11)21(27)28)30-22-25-19-9-16(17(23)10-20(19)26-22)14-6-5-12(29-2)8-18(14)24/h5-10H,3-4H2,1-2H3,(H,25,26)(H,27,28). The fourth-order valence-electron chi connectivity index (χ4n) is 3.35. The van der Waals surface area contributed by atoms with Gasteiger partial charge in [0.2, 0.25) is 0 Å². The third-order valence-electron chi connectivity index (χ3n) is 4.99. The first-order valence-corrected chi connectivity index (χ1v) is 9.58. The molecule has 0 spiro atoms. The number of H-pyrrole nitrogens is 1. The molecule has 154 valence electrons. The molecule has 1 heterocycles. The van der Waals surface area contributed by atoms with Crippen molar-refractivity contribution >= 4 is 28.6 Å². The summed E-state index contributed by atoms with van der Waals surface area (Å²) in [4.78, 5) is 18.8. The molecular weight excluding hydrogens is 411 g/mol. The summed E-state index contributed by atoms with van der Waals surface area (Å²) in [7, 11) is 1.47. The highest BCUT2D eigenvalue weighted by Crippen LogP contribution is 2.35. The topological polar surface area (TPSA) is 84.4 Å². The van der Waals surface area contributed by atoms with Crippen molar-refractivity contribution in [1.82, 2.24) is 9.97 Å². The largest absolute Gasteiger partial charge is 0.497 e. The molecular formula is C22H18ClFN2O4. The summed E-state index contributed by atoms with van der Waals surface area (Å²) >= 11 is 6.39. The van der Waals surface area contributed by atoms with Crippen LogP contribution < -0.4 is 9.47 Å². The van der Waals surface area contributed by atoms with Gasteiger partial charge in [0.25, 0.3) is 6.01 Å². The third kappa shape index (κ3) is 3.76. The number of benzene rings is 2. The van der Waals surface area contributed by atoms with Gasteiger partial charge in [0.15, 0.2) is 0 Å². The molecule has 1 aliphatic rings. The molecule has 0 fully saturated rings. The van der Waals surface area contributed by atoms with Crippen molar-refractivity contribution in [3.8, 4) is 22.9 Å². The average molecular weight is 429 g/mol. The van der Waals surface area contributed by atoms with Gasteiger partial charge in [0.05, 0.1) is 28.7 Å². The van der Waals surface area contributed by atoms with E-state index in [4.69, 9.17) is 21.1 Å². The minimum Gasteiger partial charge on any atom is -0.497 e. The highest BCUT2D eigenvalue weighted by atomic mass is 35.5. The Morgan fingerprint density at radius 1 is 1.23 bits per heavy atom. The molecule has 0 radical (unpaired) electrons. The summed E-state index contributed by atoms with van der Waals surface area (Å²) in [5, 5.41) is 9.65. The van der Waals surface area contributed by atoms with Crippen molar-refractivity contribution in [2.75, 3.05) is 7.11 Å². The van der Waals surface area contributed by atoms with Gasteiger partial charge in [-0.3, -0.25) is 0 Å². The van der Waals surface area contributed by atoms with Gasteiger partial charge in [0, 0.05) is 23.6 Å². The van der Waals surface area contributed by atoms with Crippen LogP contribution in [-0.2, 0) is 4.79 Å². The van der Waals surface area contributed by atoms with Crippen LogP contribution in [0.3, 0.4) is 0 Å². The Bertz CT molecular complexity index is 1230. The maximum Gasteiger partial charge on any atom is 0.335 e. The number of rotatable bonds is 5. The van der Waals surface area contributed by atoms with Gasteiger partial charge in [-0.05, 0) is 43.7 Å². The van der Waals surface area contributed by atoms with Crippen LogP contribution in [0.25, 0.3) is 22.2 Å². The Labute approximate surface area is 176 Å². The lowest BCUT2D eigenvalue weighted by molar-refractivity contribution is -0.132. The minimum absolute atomic E-state index is 0.212. The second-order valence-electron chi connectivity index (χ2n) is 6.95. The molecule has 0 bridgehead atoms. The number of nitrogens with zero attached hydrogens (tertiary/aromatic N) is 1. The van der Waals surface area contributed by atoms with Crippen molar-refractivity contribution < 1.29 is 23.8 Å². The number of imidazole rings is 1. The van der Waals surface area contributed by atoms with Crippen molar-refractivity contribution in [3.05, 3.63) is 64.2 Å². The first kappa shape index (κ1) is 20.0. The van der Waals surface area contributed by atoms with Crippen molar-refractivity contribution in [1.29, 1.82) is 0 Å². The zero-order chi connectivity index (χ0) is 21.4. The number of hydrogen-bond acceptors (Lipinski definition) is 4. The Hall–Kier alpha value is -3.32. The first-order chi connectivity index (χ1) is 14.4. The molecule has 6 nitrogen and oxygen atoms in total. The van der Waals surface area contributed by atoms with Gasteiger partial charge >= 0.3 is 5.97 Å². The van der Waals surface area contributed by atoms with Gasteiger partial charge in [-0.25, -0.2) is 9.18 Å². The summed E-state index contributed by atoms with van der Waals surface area (Å²) < 4.78 is 25.3. The van der Waals surface area contributed by atoms with E-state index in [0.717, 1.165) is 5.57 Å². The average Bonchev–Trinajstić information content (AvgIpc) is 3.09. The molecule has 0 amide bonds. The van der Waals surface area contributed by atoms with E-state index in [9.17, 15) is 14.3 Å². The molecule has 4 rings (SSSR count). The highest BCUT2D eigenvalue weighted by molar-refractivity contribution is 6.34. The molecule has 30 heavy (non-hydrogen) atoms. The number of allylic oxidation sites excluding steroid dienone is 2. The molecule has 8 heteroatoms. The van der Waals surface area contributed by atoms with Gasteiger partial charge in [0.1, 0.15) is 17.3 Å². The summed E-state index contributed by atoms with van der Waals surface area (Å²) in [6.07, 6.45) is 2.68. The molecule has 2 aromatic carbocycles. The smallest absolute Gasteiger partial charge is 0.335 e. The maximum absolute atomic E-state index is 14.5. The van der Waals surface area contributed by atoms with Crippen molar-refractivity contribution in [2.45, 2.75) is 19.8 Å². The molecule has 0 saturated carbocycles. The fourth-order valence-corrected chi connectivity index (χ4v) is 3.62. The van der Waals surface area contributed by atoms with Crippen LogP contribution in [0.1, 0.15) is 19.8 Å². The van der Waals surface area contributed by atoms with Gasteiger partial charge in [-0.2, -0.15) is 4.98 Å². The summed E-state index contributed by atoms with van der Waals surface area (Å²) in [5.41, 5.74) is 3.02. The van der Waals surface area contributed by atoms with Crippen LogP contribution in [0.15, 0.2) is 53.3 Å². The quantitative estimate of drug-likeness (QED) is 0.561. The zero-order valence-corrected chi connectivity index (χ0v) is 17.0. The van der Waals surface area contributed by atoms with Crippen LogP contribution in [-0.4, -0.2) is 28.2 Å². The van der Waals surface area contributed by atoms with Crippen LogP contribution in [0.5, 0.6) is 11.8 Å². The van der Waals surface area contributed by atoms with Crippen LogP contribution in [0.4, 0.5) is 4.39 Å². The van der Waals surface area contributed by atoms with Crippen LogP contribution in [0.2, 0.25) is 5.02 Å². The number of carboxylic acid groups (broad SMARTS) is 1. The number of nitrogens with one attached hydrogen (secondary N) is 1. The predicted molar refractivity (Wildman–Crippen MR) is 111 cm³/mol. The minimum atomic E-state index is -0.990. The SMILES string of the molecule is COc1ccc(-c2cc3nc(OC4=CC(C(=O)O)=C(C)CC4)[nH]c3cc2Cl)c(F)c1. The number of methoxy groups -OCH3 is 1. The number of fused-ring (bicyclic) bond motifs is 1. The third-order valence-corrected chi connectivity index (χ3v) is 5.30. The lowest BCUT2D eigenvalue weighted by Gasteiger charge is -2.14. The maximum atomic E-state index is 14.5. The Balaban J connectivity index is 1.68. The fraction of sp³-hybridized carbons (Fsp3) is 0.182. The molecule has 1 aliphatic carbocycles. The Morgan fingerprint density at radius 2 is 2.03 bits per heavy atom. The van der Waals surface area contributed by atoms with E-state index >= 15 is 0 Å². The number of ether oxygens (including phenoxy) is 2. The van der Waals surface area contributed by atoms with E-state index in [0.29, 0.717) is 51.5 Å². The van der Waals surface area contributed by atoms with Gasteiger partial charge in [-0.15, -0.1) is 0 Å². The molecule has 2 N–H and O–H groups in total. The van der Waals surface area contributed by atoms with Crippen LogP contribution in [0, 0.1) is 5.82 Å². The molecule has 0 aliphatic heterocycles. The van der Waals surface area contributed by atoms with E-state index in [1.165, 1.54) is 19.3 Å². The highest BCUT2D eigenvalue weighted by Gasteiger charge is 2.19. The molecule has 1 aromatic heterocycles. The zero-order valence-electron chi connectivity index (χ0n) is 16.3. The summed E-state index contributed by atoms with van der Waals surface area (Å²) in [6, 6.07) is 8.08. The lowest BCUT2D eigenvalue weighted by Crippen LogP contribution is -2.09. The van der Waals surface area contributed by atoms with Crippen molar-refractivity contribution in [2.24, 2.45) is 0 Å². The predicted octanol–water partition coefficient (Wildman–Crippen LogP) is 5.49. The first-order valence-electron chi connectivity index (χ1n) is 9.20. The number of aromatic amines is 1. The number of halogens is 2. The van der Waals surface area contributed by atoms with E-state index < -0.39 is 11.8 Å².